The molecule has 2 rings (SSSR count). The van der Waals surface area contributed by atoms with Crippen LogP contribution in [0.2, 0.25) is 0 Å². The summed E-state index contributed by atoms with van der Waals surface area (Å²) in [6.07, 6.45) is 1.99. The second-order valence-corrected chi connectivity index (χ2v) is 5.36. The number of thioether (sulfide) groups is 1. The number of hydrogen-bond acceptors (Lipinski definition) is 4. The van der Waals surface area contributed by atoms with E-state index in [0.29, 0.717) is 6.61 Å². The van der Waals surface area contributed by atoms with Crippen LogP contribution in [0, 0.1) is 0 Å². The van der Waals surface area contributed by atoms with Crippen molar-refractivity contribution in [1.82, 2.24) is 4.98 Å². The molecule has 100 valence electrons. The van der Waals surface area contributed by atoms with Crippen molar-refractivity contribution in [3.05, 3.63) is 46.6 Å². The molecule has 0 N–H and O–H groups in total. The van der Waals surface area contributed by atoms with Crippen molar-refractivity contribution in [3.8, 4) is 11.5 Å². The van der Waals surface area contributed by atoms with Crippen molar-refractivity contribution < 1.29 is 9.47 Å². The summed E-state index contributed by atoms with van der Waals surface area (Å²) in [5, 5.41) is 0.962. The molecule has 0 atom stereocenters. The Bertz CT molecular complexity index is 546. The van der Waals surface area contributed by atoms with Crippen molar-refractivity contribution in [2.24, 2.45) is 0 Å². The zero-order valence-corrected chi connectivity index (χ0v) is 13.1. The molecule has 1 aromatic heterocycles. The number of pyridine rings is 1. The van der Waals surface area contributed by atoms with Crippen LogP contribution in [0.5, 0.6) is 11.5 Å². The minimum Gasteiger partial charge on any atom is -0.497 e. The molecular weight excluding hydrogens is 326 g/mol. The number of nitrogens with zero attached hydrogens (tertiary/aromatic N) is 1. The highest BCUT2D eigenvalue weighted by atomic mass is 79.9. The summed E-state index contributed by atoms with van der Waals surface area (Å²) in [6, 6.07) is 11.7. The topological polar surface area (TPSA) is 31.4 Å². The molecule has 0 amide bonds. The van der Waals surface area contributed by atoms with E-state index in [1.54, 1.807) is 18.9 Å². The first-order valence-electron chi connectivity index (χ1n) is 5.69. The largest absolute Gasteiger partial charge is 0.497 e. The molecule has 0 saturated carbocycles. The van der Waals surface area contributed by atoms with E-state index in [2.05, 4.69) is 20.9 Å². The quantitative estimate of drug-likeness (QED) is 0.604. The second kappa shape index (κ2) is 6.82. The lowest BCUT2D eigenvalue weighted by Gasteiger charge is -2.09. The average molecular weight is 340 g/mol. The van der Waals surface area contributed by atoms with E-state index in [1.165, 1.54) is 0 Å². The molecule has 19 heavy (non-hydrogen) atoms. The molecule has 0 saturated heterocycles. The van der Waals surface area contributed by atoms with Crippen LogP contribution in [-0.4, -0.2) is 18.3 Å². The summed E-state index contributed by atoms with van der Waals surface area (Å²) in [5.41, 5.74) is 1.08. The first-order valence-corrected chi connectivity index (χ1v) is 7.71. The number of ether oxygens (including phenoxy) is 2. The van der Waals surface area contributed by atoms with Crippen LogP contribution in [0.25, 0.3) is 0 Å². The Morgan fingerprint density at radius 1 is 1.16 bits per heavy atom. The molecule has 0 aliphatic rings. The summed E-state index contributed by atoms with van der Waals surface area (Å²) in [6.45, 7) is 0.503. The minimum absolute atomic E-state index is 0.503. The van der Waals surface area contributed by atoms with Gasteiger partial charge in [-0.15, -0.1) is 11.8 Å². The van der Waals surface area contributed by atoms with Gasteiger partial charge in [0.2, 0.25) is 0 Å². The lowest BCUT2D eigenvalue weighted by molar-refractivity contribution is 0.302. The fourth-order valence-corrected chi connectivity index (χ4v) is 2.45. The Kier molecular flexibility index (Phi) is 5.10. The fourth-order valence-electron chi connectivity index (χ4n) is 1.51. The zero-order chi connectivity index (χ0) is 13.7. The van der Waals surface area contributed by atoms with Gasteiger partial charge in [-0.25, -0.2) is 4.98 Å². The number of hydrogen-bond donors (Lipinski definition) is 0. The number of aromatic nitrogens is 1. The van der Waals surface area contributed by atoms with Gasteiger partial charge in [-0.3, -0.25) is 0 Å². The molecule has 0 bridgehead atoms. The van der Waals surface area contributed by atoms with Gasteiger partial charge < -0.3 is 9.47 Å². The monoisotopic (exact) mass is 339 g/mol. The molecular formula is C14H14BrNO2S. The lowest BCUT2D eigenvalue weighted by atomic mass is 10.2. The van der Waals surface area contributed by atoms with E-state index in [0.717, 1.165) is 26.7 Å². The first kappa shape index (κ1) is 14.2. The maximum atomic E-state index is 5.74. The molecule has 0 aliphatic carbocycles. The average Bonchev–Trinajstić information content (AvgIpc) is 2.46. The van der Waals surface area contributed by atoms with Gasteiger partial charge in [0, 0.05) is 0 Å². The van der Waals surface area contributed by atoms with Gasteiger partial charge in [0.1, 0.15) is 17.0 Å². The summed E-state index contributed by atoms with van der Waals surface area (Å²) in [5.74, 6) is 1.59. The summed E-state index contributed by atoms with van der Waals surface area (Å²) < 4.78 is 11.6. The Morgan fingerprint density at radius 2 is 1.89 bits per heavy atom. The molecule has 0 aliphatic heterocycles. The normalized spacial score (nSPS) is 10.3. The number of methoxy groups -OCH3 is 1. The molecule has 0 fully saturated rings. The fraction of sp³-hybridized carbons (Fsp3) is 0.214. The predicted octanol–water partition coefficient (Wildman–Crippen LogP) is 4.15. The van der Waals surface area contributed by atoms with E-state index in [4.69, 9.17) is 9.47 Å². The van der Waals surface area contributed by atoms with Gasteiger partial charge in [0.05, 0.1) is 12.1 Å². The van der Waals surface area contributed by atoms with E-state index in [-0.39, 0.29) is 0 Å². The molecule has 3 nitrogen and oxygen atoms in total. The third kappa shape index (κ3) is 3.88. The van der Waals surface area contributed by atoms with E-state index in [9.17, 15) is 0 Å². The molecule has 1 aromatic carbocycles. The van der Waals surface area contributed by atoms with Crippen LogP contribution in [0.4, 0.5) is 0 Å². The Morgan fingerprint density at radius 3 is 2.47 bits per heavy atom. The summed E-state index contributed by atoms with van der Waals surface area (Å²) in [7, 11) is 1.65. The maximum Gasteiger partial charge on any atom is 0.152 e. The first-order chi connectivity index (χ1) is 9.22. The van der Waals surface area contributed by atoms with Crippen LogP contribution in [0.3, 0.4) is 0 Å². The standard InChI is InChI=1S/C14H14BrNO2S/c1-17-11-5-3-10(4-6-11)9-18-12-7-8-13(19-2)16-14(12)15/h3-8H,9H2,1-2H3. The van der Waals surface area contributed by atoms with Gasteiger partial charge in [-0.05, 0) is 52.0 Å². The Balaban J connectivity index is 2.01. The highest BCUT2D eigenvalue weighted by molar-refractivity contribution is 9.10. The van der Waals surface area contributed by atoms with E-state index in [1.807, 2.05) is 42.7 Å². The summed E-state index contributed by atoms with van der Waals surface area (Å²) in [4.78, 5) is 4.37. The second-order valence-electron chi connectivity index (χ2n) is 3.78. The van der Waals surface area contributed by atoms with Gasteiger partial charge in [-0.1, -0.05) is 12.1 Å². The van der Waals surface area contributed by atoms with Crippen molar-refractivity contribution in [2.75, 3.05) is 13.4 Å². The number of benzene rings is 1. The molecule has 0 radical (unpaired) electrons. The molecule has 2 aromatic rings. The smallest absolute Gasteiger partial charge is 0.152 e. The Hall–Kier alpha value is -1.20. The van der Waals surface area contributed by atoms with Gasteiger partial charge in [0.15, 0.2) is 5.75 Å². The van der Waals surface area contributed by atoms with E-state index >= 15 is 0 Å². The maximum absolute atomic E-state index is 5.74. The molecule has 5 heteroatoms. The van der Waals surface area contributed by atoms with Crippen LogP contribution in [0.1, 0.15) is 5.56 Å². The SMILES string of the molecule is COc1ccc(COc2ccc(SC)nc2Br)cc1. The zero-order valence-electron chi connectivity index (χ0n) is 10.7. The van der Waals surface area contributed by atoms with Gasteiger partial charge in [-0.2, -0.15) is 0 Å². The van der Waals surface area contributed by atoms with Crippen molar-refractivity contribution >= 4 is 27.7 Å². The van der Waals surface area contributed by atoms with Crippen LogP contribution >= 0.6 is 27.7 Å². The molecule has 1 heterocycles. The van der Waals surface area contributed by atoms with Crippen LogP contribution in [0.15, 0.2) is 46.0 Å². The number of halogens is 1. The van der Waals surface area contributed by atoms with Crippen molar-refractivity contribution in [1.29, 1.82) is 0 Å². The van der Waals surface area contributed by atoms with Crippen LogP contribution < -0.4 is 9.47 Å². The van der Waals surface area contributed by atoms with Gasteiger partial charge in [0.25, 0.3) is 0 Å². The summed E-state index contributed by atoms with van der Waals surface area (Å²) >= 11 is 5.01. The minimum atomic E-state index is 0.503. The predicted molar refractivity (Wildman–Crippen MR) is 81.0 cm³/mol. The molecule has 0 spiro atoms. The highest BCUT2D eigenvalue weighted by Crippen LogP contribution is 2.26. The lowest BCUT2D eigenvalue weighted by Crippen LogP contribution is -1.97. The highest BCUT2D eigenvalue weighted by Gasteiger charge is 2.04. The Labute approximate surface area is 125 Å². The van der Waals surface area contributed by atoms with Crippen molar-refractivity contribution in [3.63, 3.8) is 0 Å². The molecule has 0 unspecified atom stereocenters. The van der Waals surface area contributed by atoms with E-state index < -0.39 is 0 Å². The number of rotatable bonds is 5. The van der Waals surface area contributed by atoms with Crippen molar-refractivity contribution in [2.45, 2.75) is 11.6 Å². The third-order valence-electron chi connectivity index (χ3n) is 2.55. The van der Waals surface area contributed by atoms with Gasteiger partial charge >= 0.3 is 0 Å². The van der Waals surface area contributed by atoms with Crippen LogP contribution in [-0.2, 0) is 6.61 Å². The third-order valence-corrected chi connectivity index (χ3v) is 3.77.